The fraction of sp³-hybridized carbons (Fsp3) is 0.0769. The van der Waals surface area contributed by atoms with E-state index in [1.807, 2.05) is 124 Å². The summed E-state index contributed by atoms with van der Waals surface area (Å²) in [5.74, 6) is 2.97. The van der Waals surface area contributed by atoms with Gasteiger partial charge in [0.25, 0.3) is 0 Å². The number of aromatic nitrogens is 6. The number of rotatable bonds is 7. The first-order valence-electron chi connectivity index (χ1n) is 15.1. The summed E-state index contributed by atoms with van der Waals surface area (Å²) in [5.41, 5.74) is 7.50. The Morgan fingerprint density at radius 3 is 2.11 bits per heavy atom. The van der Waals surface area contributed by atoms with E-state index in [1.54, 1.807) is 12.3 Å². The van der Waals surface area contributed by atoms with Gasteiger partial charge in [-0.2, -0.15) is 0 Å². The maximum absolute atomic E-state index is 6.42. The second-order valence-corrected chi connectivity index (χ2v) is 10.7. The molecule has 0 fully saturated rings. The normalized spacial score (nSPS) is 12.2. The lowest BCUT2D eigenvalue weighted by atomic mass is 9.99. The average Bonchev–Trinajstić information content (AvgIpc) is 3.49. The van der Waals surface area contributed by atoms with Crippen LogP contribution in [0.5, 0.6) is 0 Å². The van der Waals surface area contributed by atoms with Gasteiger partial charge >= 0.3 is 0 Å². The lowest BCUT2D eigenvalue weighted by Gasteiger charge is -2.11. The predicted octanol–water partition coefficient (Wildman–Crippen LogP) is 9.47. The molecule has 222 valence electrons. The zero-order valence-electron chi connectivity index (χ0n) is 25.8. The number of fused-ring (bicyclic) bond motifs is 2. The van der Waals surface area contributed by atoms with E-state index in [9.17, 15) is 0 Å². The fourth-order valence-electron chi connectivity index (χ4n) is 5.49. The van der Waals surface area contributed by atoms with Crippen molar-refractivity contribution in [3.63, 3.8) is 0 Å². The quantitative estimate of drug-likeness (QED) is 0.180. The molecule has 0 radical (unpaired) electrons. The largest absolute Gasteiger partial charge is 0.456 e. The van der Waals surface area contributed by atoms with Crippen molar-refractivity contribution in [1.29, 1.82) is 0 Å². The molecule has 0 unspecified atom stereocenters. The number of pyridine rings is 1. The summed E-state index contributed by atoms with van der Waals surface area (Å²) in [5, 5.41) is 1.80. The maximum atomic E-state index is 6.42. The molecule has 0 spiro atoms. The molecule has 3 aromatic carbocycles. The summed E-state index contributed by atoms with van der Waals surface area (Å²) in [7, 11) is 0. The average molecular weight is 599 g/mol. The third kappa shape index (κ3) is 5.18. The van der Waals surface area contributed by atoms with E-state index < -0.39 is 0 Å². The topological polar surface area (TPSA) is 90.5 Å². The molecule has 0 aliphatic rings. The van der Waals surface area contributed by atoms with Crippen LogP contribution in [0.15, 0.2) is 120 Å². The Hall–Kier alpha value is -6.08. The predicted molar refractivity (Wildman–Crippen MR) is 185 cm³/mol. The Balaban J connectivity index is 1.38. The van der Waals surface area contributed by atoms with Crippen LogP contribution in [0.3, 0.4) is 0 Å². The molecule has 4 heterocycles. The highest BCUT2D eigenvalue weighted by molar-refractivity contribution is 5.99. The number of allylic oxidation sites excluding steroid dienone is 3. The SMILES string of the molecule is C=Cc1oc2cc(-c3nc(-c4ccccc4)c4cccnc4n3)ccc2c1/C(=C\C)c1nc(/C(C)=C/C)nc(-c2ccccc2)n1. The van der Waals surface area contributed by atoms with Gasteiger partial charge in [-0.3, -0.25) is 0 Å². The molecule has 7 heteroatoms. The van der Waals surface area contributed by atoms with Gasteiger partial charge in [-0.05, 0) is 56.7 Å². The van der Waals surface area contributed by atoms with Gasteiger partial charge in [0, 0.05) is 44.8 Å². The number of hydrogen-bond acceptors (Lipinski definition) is 7. The summed E-state index contributed by atoms with van der Waals surface area (Å²) in [6.07, 6.45) is 7.48. The summed E-state index contributed by atoms with van der Waals surface area (Å²) < 4.78 is 6.42. The van der Waals surface area contributed by atoms with E-state index in [0.29, 0.717) is 40.3 Å². The van der Waals surface area contributed by atoms with Gasteiger partial charge in [-0.15, -0.1) is 0 Å². The molecule has 0 amide bonds. The van der Waals surface area contributed by atoms with Crippen molar-refractivity contribution in [2.75, 3.05) is 0 Å². The molecule has 7 rings (SSSR count). The van der Waals surface area contributed by atoms with Crippen molar-refractivity contribution in [2.45, 2.75) is 20.8 Å². The van der Waals surface area contributed by atoms with Gasteiger partial charge in [0.1, 0.15) is 11.3 Å². The third-order valence-corrected chi connectivity index (χ3v) is 7.93. The number of hydrogen-bond donors (Lipinski definition) is 0. The van der Waals surface area contributed by atoms with E-state index in [4.69, 9.17) is 29.3 Å². The van der Waals surface area contributed by atoms with Crippen molar-refractivity contribution in [3.8, 4) is 34.0 Å². The zero-order chi connectivity index (χ0) is 31.6. The lowest BCUT2D eigenvalue weighted by molar-refractivity contribution is 0.603. The van der Waals surface area contributed by atoms with Gasteiger partial charge in [-0.25, -0.2) is 29.9 Å². The minimum Gasteiger partial charge on any atom is -0.456 e. The minimum atomic E-state index is 0.555. The smallest absolute Gasteiger partial charge is 0.164 e. The van der Waals surface area contributed by atoms with Crippen molar-refractivity contribution in [2.24, 2.45) is 0 Å². The molecule has 0 aliphatic heterocycles. The Kier molecular flexibility index (Phi) is 7.56. The standard InChI is InChI=1S/C39H30N6O/c1-5-24(4)35-42-36(26-17-12-9-13-18-26)45-39(43-35)28(6-2)33-29-21-20-27(23-32(29)46-31(33)7-3)37-41-34(25-15-10-8-11-16-25)30-19-14-22-40-38(30)44-37/h5-23H,3H2,1-2,4H3/b24-5+,28-6+. The minimum absolute atomic E-state index is 0.555. The van der Waals surface area contributed by atoms with Gasteiger partial charge < -0.3 is 4.42 Å². The first kappa shape index (κ1) is 28.7. The highest BCUT2D eigenvalue weighted by Gasteiger charge is 2.22. The molecule has 7 nitrogen and oxygen atoms in total. The van der Waals surface area contributed by atoms with E-state index in [0.717, 1.165) is 49.9 Å². The summed E-state index contributed by atoms with van der Waals surface area (Å²) in [6, 6.07) is 29.9. The second kappa shape index (κ2) is 12.1. The first-order valence-corrected chi connectivity index (χ1v) is 15.1. The summed E-state index contributed by atoms with van der Waals surface area (Å²) in [6.45, 7) is 10.0. The molecule has 0 aliphatic carbocycles. The number of furan rings is 1. The van der Waals surface area contributed by atoms with E-state index in [-0.39, 0.29) is 0 Å². The Bertz CT molecular complexity index is 2300. The van der Waals surface area contributed by atoms with Gasteiger partial charge in [-0.1, -0.05) is 85.5 Å². The third-order valence-electron chi connectivity index (χ3n) is 7.93. The van der Waals surface area contributed by atoms with Crippen molar-refractivity contribution in [3.05, 3.63) is 139 Å². The van der Waals surface area contributed by atoms with Crippen LogP contribution in [0.2, 0.25) is 0 Å². The highest BCUT2D eigenvalue weighted by atomic mass is 16.3. The number of nitrogens with zero attached hydrogens (tertiary/aromatic N) is 6. The molecule has 0 saturated carbocycles. The Morgan fingerprint density at radius 1 is 0.674 bits per heavy atom. The van der Waals surface area contributed by atoms with Crippen LogP contribution in [0, 0.1) is 0 Å². The van der Waals surface area contributed by atoms with E-state index in [2.05, 4.69) is 11.6 Å². The van der Waals surface area contributed by atoms with Crippen molar-refractivity contribution in [1.82, 2.24) is 29.9 Å². The fourth-order valence-corrected chi connectivity index (χ4v) is 5.49. The molecular weight excluding hydrogens is 568 g/mol. The van der Waals surface area contributed by atoms with E-state index >= 15 is 0 Å². The molecule has 0 atom stereocenters. The molecule has 0 N–H and O–H groups in total. The Morgan fingerprint density at radius 2 is 1.39 bits per heavy atom. The van der Waals surface area contributed by atoms with Crippen LogP contribution >= 0.6 is 0 Å². The van der Waals surface area contributed by atoms with Crippen LogP contribution in [-0.4, -0.2) is 29.9 Å². The molecule has 46 heavy (non-hydrogen) atoms. The molecular formula is C39H30N6O. The van der Waals surface area contributed by atoms with Gasteiger partial charge in [0.05, 0.1) is 5.69 Å². The second-order valence-electron chi connectivity index (χ2n) is 10.7. The van der Waals surface area contributed by atoms with Crippen LogP contribution in [-0.2, 0) is 0 Å². The molecule has 7 aromatic rings. The van der Waals surface area contributed by atoms with E-state index in [1.165, 1.54) is 0 Å². The van der Waals surface area contributed by atoms with Crippen LogP contribution in [0.25, 0.3) is 73.3 Å². The van der Waals surface area contributed by atoms with Crippen LogP contribution in [0.1, 0.15) is 43.7 Å². The highest BCUT2D eigenvalue weighted by Crippen LogP contribution is 2.38. The van der Waals surface area contributed by atoms with Crippen LogP contribution in [0.4, 0.5) is 0 Å². The summed E-state index contributed by atoms with van der Waals surface area (Å²) >= 11 is 0. The Labute approximate surface area is 266 Å². The summed E-state index contributed by atoms with van der Waals surface area (Å²) in [4.78, 5) is 29.0. The van der Waals surface area contributed by atoms with Gasteiger partial charge in [0.15, 0.2) is 28.9 Å². The first-order chi connectivity index (χ1) is 22.6. The zero-order valence-corrected chi connectivity index (χ0v) is 25.8. The van der Waals surface area contributed by atoms with Crippen LogP contribution < -0.4 is 0 Å². The van der Waals surface area contributed by atoms with Gasteiger partial charge in [0.2, 0.25) is 0 Å². The van der Waals surface area contributed by atoms with Crippen molar-refractivity contribution < 1.29 is 4.42 Å². The maximum Gasteiger partial charge on any atom is 0.164 e. The molecule has 0 bridgehead atoms. The molecule has 4 aromatic heterocycles. The van der Waals surface area contributed by atoms with Crippen molar-refractivity contribution >= 4 is 39.2 Å². The number of benzene rings is 3. The lowest BCUT2D eigenvalue weighted by Crippen LogP contribution is -2.05. The monoisotopic (exact) mass is 598 g/mol. The molecule has 0 saturated heterocycles.